The molecule has 1 amide bonds. The van der Waals surface area contributed by atoms with E-state index in [1.807, 2.05) is 0 Å². The first kappa shape index (κ1) is 15.4. The van der Waals surface area contributed by atoms with E-state index in [9.17, 15) is 9.59 Å². The van der Waals surface area contributed by atoms with E-state index in [1.165, 1.54) is 7.11 Å². The molecule has 0 radical (unpaired) electrons. The van der Waals surface area contributed by atoms with E-state index in [4.69, 9.17) is 10.5 Å². The van der Waals surface area contributed by atoms with Crippen molar-refractivity contribution in [2.24, 2.45) is 5.73 Å². The largest absolute Gasteiger partial charge is 0.469 e. The van der Waals surface area contributed by atoms with Crippen molar-refractivity contribution in [2.75, 3.05) is 20.2 Å². The van der Waals surface area contributed by atoms with E-state index in [0.717, 1.165) is 19.3 Å². The Morgan fingerprint density at radius 2 is 2.29 bits per heavy atom. The lowest BCUT2D eigenvalue weighted by atomic mass is 9.99. The summed E-state index contributed by atoms with van der Waals surface area (Å²) in [5, 5.41) is 7.77. The van der Waals surface area contributed by atoms with Gasteiger partial charge in [-0.05, 0) is 19.3 Å². The van der Waals surface area contributed by atoms with Crippen LogP contribution in [0.15, 0.2) is 6.20 Å². The number of rotatable bonds is 5. The second-order valence-corrected chi connectivity index (χ2v) is 5.08. The number of likely N-dealkylation sites (tertiary alicyclic amines) is 1. The molecular formula is C13H21N5O3. The van der Waals surface area contributed by atoms with Gasteiger partial charge in [-0.1, -0.05) is 5.21 Å². The lowest BCUT2D eigenvalue weighted by Gasteiger charge is -2.34. The highest BCUT2D eigenvalue weighted by molar-refractivity contribution is 5.92. The van der Waals surface area contributed by atoms with E-state index in [0.29, 0.717) is 25.3 Å². The zero-order chi connectivity index (χ0) is 15.2. The van der Waals surface area contributed by atoms with Crippen LogP contribution in [0.25, 0.3) is 0 Å². The van der Waals surface area contributed by atoms with E-state index in [2.05, 4.69) is 10.3 Å². The molecule has 1 aliphatic rings. The minimum Gasteiger partial charge on any atom is -0.469 e. The van der Waals surface area contributed by atoms with Crippen LogP contribution in [-0.2, 0) is 16.1 Å². The topological polar surface area (TPSA) is 103 Å². The number of nitrogens with zero attached hydrogens (tertiary/aromatic N) is 4. The van der Waals surface area contributed by atoms with Crippen LogP contribution in [0.4, 0.5) is 0 Å². The first-order chi connectivity index (χ1) is 10.2. The van der Waals surface area contributed by atoms with Crippen molar-refractivity contribution in [1.29, 1.82) is 0 Å². The highest BCUT2D eigenvalue weighted by Gasteiger charge is 2.30. The lowest BCUT2D eigenvalue weighted by molar-refractivity contribution is -0.142. The Hall–Kier alpha value is -1.96. The van der Waals surface area contributed by atoms with Gasteiger partial charge in [-0.25, -0.2) is 0 Å². The summed E-state index contributed by atoms with van der Waals surface area (Å²) in [5.41, 5.74) is 5.74. The predicted octanol–water partition coefficient (Wildman–Crippen LogP) is -0.205. The minimum atomic E-state index is -0.300. The quantitative estimate of drug-likeness (QED) is 0.754. The summed E-state index contributed by atoms with van der Waals surface area (Å²) in [6.45, 7) is 1.59. The molecule has 1 aromatic rings. The molecule has 8 heteroatoms. The summed E-state index contributed by atoms with van der Waals surface area (Å²) >= 11 is 0. The number of methoxy groups -OCH3 is 1. The molecular weight excluding hydrogens is 274 g/mol. The van der Waals surface area contributed by atoms with Gasteiger partial charge < -0.3 is 15.4 Å². The lowest BCUT2D eigenvalue weighted by Crippen LogP contribution is -2.45. The normalized spacial score (nSPS) is 18.6. The molecule has 0 aromatic carbocycles. The van der Waals surface area contributed by atoms with Gasteiger partial charge in [0, 0.05) is 19.1 Å². The Morgan fingerprint density at radius 3 is 3.00 bits per heavy atom. The van der Waals surface area contributed by atoms with Crippen molar-refractivity contribution in [2.45, 2.75) is 38.3 Å². The van der Waals surface area contributed by atoms with Gasteiger partial charge in [-0.15, -0.1) is 5.10 Å². The maximum Gasteiger partial charge on any atom is 0.307 e. The van der Waals surface area contributed by atoms with Gasteiger partial charge in [0.15, 0.2) is 5.69 Å². The number of ether oxygens (including phenoxy) is 1. The molecule has 2 N–H and O–H groups in total. The number of hydrogen-bond donors (Lipinski definition) is 1. The number of aromatic nitrogens is 3. The van der Waals surface area contributed by atoms with Gasteiger partial charge in [0.1, 0.15) is 0 Å². The molecule has 0 spiro atoms. The summed E-state index contributed by atoms with van der Waals surface area (Å²) in [6, 6.07) is -0.127. The third-order valence-corrected chi connectivity index (χ3v) is 3.63. The van der Waals surface area contributed by atoms with E-state index >= 15 is 0 Å². The first-order valence-electron chi connectivity index (χ1n) is 7.13. The monoisotopic (exact) mass is 295 g/mol. The third-order valence-electron chi connectivity index (χ3n) is 3.63. The number of amides is 1. The summed E-state index contributed by atoms with van der Waals surface area (Å²) in [4.78, 5) is 25.7. The first-order valence-corrected chi connectivity index (χ1v) is 7.13. The highest BCUT2D eigenvalue weighted by atomic mass is 16.5. The molecule has 1 unspecified atom stereocenters. The molecule has 8 nitrogen and oxygen atoms in total. The fourth-order valence-corrected chi connectivity index (χ4v) is 2.54. The number of piperidine rings is 1. The predicted molar refractivity (Wildman–Crippen MR) is 74.4 cm³/mol. The molecule has 1 aromatic heterocycles. The van der Waals surface area contributed by atoms with Crippen LogP contribution in [-0.4, -0.2) is 58.0 Å². The standard InChI is InChI=1S/C13H21N5O3/c1-21-12(19)8-10-4-2-3-6-18(10)13(20)11-9-17(7-5-14)16-15-11/h9-10H,2-8,14H2,1H3. The van der Waals surface area contributed by atoms with Gasteiger partial charge in [0.25, 0.3) is 5.91 Å². The summed E-state index contributed by atoms with van der Waals surface area (Å²) < 4.78 is 6.25. The van der Waals surface area contributed by atoms with Crippen molar-refractivity contribution >= 4 is 11.9 Å². The van der Waals surface area contributed by atoms with Gasteiger partial charge in [-0.3, -0.25) is 14.3 Å². The highest BCUT2D eigenvalue weighted by Crippen LogP contribution is 2.21. The number of esters is 1. The summed E-state index contributed by atoms with van der Waals surface area (Å²) in [6.07, 6.45) is 4.56. The van der Waals surface area contributed by atoms with Crippen molar-refractivity contribution in [3.05, 3.63) is 11.9 Å². The van der Waals surface area contributed by atoms with Gasteiger partial charge in [0.05, 0.1) is 26.3 Å². The van der Waals surface area contributed by atoms with Gasteiger partial charge in [-0.2, -0.15) is 0 Å². The van der Waals surface area contributed by atoms with E-state index in [1.54, 1.807) is 15.8 Å². The van der Waals surface area contributed by atoms with E-state index in [-0.39, 0.29) is 24.3 Å². The smallest absolute Gasteiger partial charge is 0.307 e. The van der Waals surface area contributed by atoms with E-state index < -0.39 is 0 Å². The molecule has 1 fully saturated rings. The Labute approximate surface area is 123 Å². The molecule has 1 aliphatic heterocycles. The average Bonchev–Trinajstić information content (AvgIpc) is 2.96. The molecule has 1 saturated heterocycles. The molecule has 2 rings (SSSR count). The molecule has 2 heterocycles. The molecule has 0 bridgehead atoms. The zero-order valence-corrected chi connectivity index (χ0v) is 12.2. The molecule has 1 atom stereocenters. The average molecular weight is 295 g/mol. The number of carbonyl (C=O) groups excluding carboxylic acids is 2. The number of nitrogens with two attached hydrogens (primary N) is 1. The number of hydrogen-bond acceptors (Lipinski definition) is 6. The summed E-state index contributed by atoms with van der Waals surface area (Å²) in [7, 11) is 1.36. The summed E-state index contributed by atoms with van der Waals surface area (Å²) in [5.74, 6) is -0.488. The Kier molecular flexibility index (Phi) is 5.26. The third kappa shape index (κ3) is 3.78. The molecule has 21 heavy (non-hydrogen) atoms. The van der Waals surface area contributed by atoms with Crippen LogP contribution in [0, 0.1) is 0 Å². The maximum absolute atomic E-state index is 12.5. The minimum absolute atomic E-state index is 0.127. The van der Waals surface area contributed by atoms with Crippen LogP contribution in [0.2, 0.25) is 0 Å². The van der Waals surface area contributed by atoms with Gasteiger partial charge >= 0.3 is 5.97 Å². The van der Waals surface area contributed by atoms with Crippen molar-refractivity contribution in [3.63, 3.8) is 0 Å². The molecule has 116 valence electrons. The molecule has 0 saturated carbocycles. The fourth-order valence-electron chi connectivity index (χ4n) is 2.54. The van der Waals surface area contributed by atoms with Crippen LogP contribution in [0.5, 0.6) is 0 Å². The Bertz CT molecular complexity index is 502. The Balaban J connectivity index is 2.08. The molecule has 0 aliphatic carbocycles. The van der Waals surface area contributed by atoms with Crippen LogP contribution in [0.3, 0.4) is 0 Å². The zero-order valence-electron chi connectivity index (χ0n) is 12.2. The second-order valence-electron chi connectivity index (χ2n) is 5.08. The van der Waals surface area contributed by atoms with Gasteiger partial charge in [0.2, 0.25) is 0 Å². The number of carbonyl (C=O) groups is 2. The van der Waals surface area contributed by atoms with Crippen molar-refractivity contribution in [3.8, 4) is 0 Å². The van der Waals surface area contributed by atoms with Crippen LogP contribution in [0.1, 0.15) is 36.2 Å². The van der Waals surface area contributed by atoms with Crippen molar-refractivity contribution in [1.82, 2.24) is 19.9 Å². The fraction of sp³-hybridized carbons (Fsp3) is 0.692. The Morgan fingerprint density at radius 1 is 1.48 bits per heavy atom. The SMILES string of the molecule is COC(=O)CC1CCCCN1C(=O)c1cn(CCN)nn1. The van der Waals surface area contributed by atoms with Crippen molar-refractivity contribution < 1.29 is 14.3 Å². The maximum atomic E-state index is 12.5. The van der Waals surface area contributed by atoms with Crippen LogP contribution >= 0.6 is 0 Å². The second kappa shape index (κ2) is 7.16. The van der Waals surface area contributed by atoms with Crippen LogP contribution < -0.4 is 5.73 Å².